The molecule has 2 aromatic carbocycles. The molecule has 0 aliphatic carbocycles. The van der Waals surface area contributed by atoms with Crippen LogP contribution in [0.5, 0.6) is 0 Å². The van der Waals surface area contributed by atoms with Crippen LogP contribution in [0.3, 0.4) is 0 Å². The fourth-order valence-electron chi connectivity index (χ4n) is 4.24. The third-order valence-electron chi connectivity index (χ3n) is 6.06. The molecule has 3 aromatic rings. The minimum absolute atomic E-state index is 0.00888. The van der Waals surface area contributed by atoms with Gasteiger partial charge in [-0.15, -0.1) is 0 Å². The van der Waals surface area contributed by atoms with Crippen molar-refractivity contribution in [3.05, 3.63) is 91.7 Å². The molecule has 33 heavy (non-hydrogen) atoms. The number of benzene rings is 2. The highest BCUT2D eigenvalue weighted by Crippen LogP contribution is 2.22. The van der Waals surface area contributed by atoms with Gasteiger partial charge in [0.25, 0.3) is 11.6 Å². The molecule has 1 fully saturated rings. The molecule has 2 heterocycles. The highest BCUT2D eigenvalue weighted by molar-refractivity contribution is 6.31. The van der Waals surface area contributed by atoms with Gasteiger partial charge in [-0.2, -0.15) is 5.10 Å². The van der Waals surface area contributed by atoms with Crippen molar-refractivity contribution in [1.82, 2.24) is 19.6 Å². The second-order valence-corrected chi connectivity index (χ2v) is 8.70. The summed E-state index contributed by atoms with van der Waals surface area (Å²) in [5, 5.41) is 16.3. The number of hydrogen-bond donors (Lipinski definition) is 0. The Bertz CT molecular complexity index is 1180. The first-order valence-electron chi connectivity index (χ1n) is 10.9. The van der Waals surface area contributed by atoms with Crippen molar-refractivity contribution in [2.45, 2.75) is 26.9 Å². The molecule has 1 saturated heterocycles. The summed E-state index contributed by atoms with van der Waals surface area (Å²) in [5.74, 6) is -0.00888. The summed E-state index contributed by atoms with van der Waals surface area (Å²) in [4.78, 5) is 28.0. The average Bonchev–Trinajstić information content (AvgIpc) is 3.08. The van der Waals surface area contributed by atoms with Crippen molar-refractivity contribution in [2.24, 2.45) is 0 Å². The smallest absolute Gasteiger partial charge is 0.269 e. The van der Waals surface area contributed by atoms with Gasteiger partial charge in [-0.1, -0.05) is 41.9 Å². The standard InChI is InChI=1S/C24H26ClN5O3/c1-17-23(18(2)29(26-17)16-20-7-3-4-9-22(20)25)24(31)28-12-10-27(11-13-28)15-19-6-5-8-21(14-19)30(32)33/h3-9,14H,10-13,15-16H2,1-2H3. The molecule has 172 valence electrons. The van der Waals surface area contributed by atoms with Crippen LogP contribution in [0, 0.1) is 24.0 Å². The van der Waals surface area contributed by atoms with E-state index < -0.39 is 0 Å². The minimum Gasteiger partial charge on any atom is -0.336 e. The van der Waals surface area contributed by atoms with Gasteiger partial charge in [0.1, 0.15) is 0 Å². The van der Waals surface area contributed by atoms with E-state index in [2.05, 4.69) is 10.00 Å². The summed E-state index contributed by atoms with van der Waals surface area (Å²) in [7, 11) is 0. The zero-order valence-corrected chi connectivity index (χ0v) is 19.5. The van der Waals surface area contributed by atoms with Gasteiger partial charge in [0.15, 0.2) is 0 Å². The van der Waals surface area contributed by atoms with Gasteiger partial charge in [0.2, 0.25) is 0 Å². The molecule has 0 saturated carbocycles. The predicted octanol–water partition coefficient (Wildman–Crippen LogP) is 4.07. The Balaban J connectivity index is 1.41. The third-order valence-corrected chi connectivity index (χ3v) is 6.43. The number of hydrogen-bond acceptors (Lipinski definition) is 5. The molecule has 0 N–H and O–H groups in total. The van der Waals surface area contributed by atoms with Gasteiger partial charge < -0.3 is 4.90 Å². The van der Waals surface area contributed by atoms with E-state index in [-0.39, 0.29) is 16.5 Å². The van der Waals surface area contributed by atoms with Crippen molar-refractivity contribution >= 4 is 23.2 Å². The number of amides is 1. The van der Waals surface area contributed by atoms with Gasteiger partial charge in [-0.05, 0) is 31.0 Å². The summed E-state index contributed by atoms with van der Waals surface area (Å²) >= 11 is 6.30. The molecule has 0 spiro atoms. The molecule has 8 nitrogen and oxygen atoms in total. The van der Waals surface area contributed by atoms with Crippen LogP contribution in [0.2, 0.25) is 5.02 Å². The Morgan fingerprint density at radius 2 is 1.79 bits per heavy atom. The lowest BCUT2D eigenvalue weighted by Crippen LogP contribution is -2.48. The molecule has 1 aliphatic rings. The van der Waals surface area contributed by atoms with Crippen LogP contribution in [0.15, 0.2) is 48.5 Å². The van der Waals surface area contributed by atoms with Crippen molar-refractivity contribution in [2.75, 3.05) is 26.2 Å². The number of nitrogens with zero attached hydrogens (tertiary/aromatic N) is 5. The van der Waals surface area contributed by atoms with Crippen molar-refractivity contribution in [3.63, 3.8) is 0 Å². The van der Waals surface area contributed by atoms with Crippen molar-refractivity contribution < 1.29 is 9.72 Å². The number of non-ortho nitro benzene ring substituents is 1. The summed E-state index contributed by atoms with van der Waals surface area (Å²) < 4.78 is 1.84. The van der Waals surface area contributed by atoms with Crippen LogP contribution in [-0.4, -0.2) is 56.6 Å². The van der Waals surface area contributed by atoms with E-state index in [1.165, 1.54) is 6.07 Å². The topological polar surface area (TPSA) is 84.5 Å². The maximum Gasteiger partial charge on any atom is 0.269 e. The molecule has 0 atom stereocenters. The van der Waals surface area contributed by atoms with E-state index in [0.717, 1.165) is 16.8 Å². The van der Waals surface area contributed by atoms with Crippen LogP contribution in [0.1, 0.15) is 32.9 Å². The van der Waals surface area contributed by atoms with E-state index >= 15 is 0 Å². The SMILES string of the molecule is Cc1nn(Cc2ccccc2Cl)c(C)c1C(=O)N1CCN(Cc2cccc([N+](=O)[O-])c2)CC1. The Kier molecular flexibility index (Phi) is 6.76. The van der Waals surface area contributed by atoms with Crippen molar-refractivity contribution in [1.29, 1.82) is 0 Å². The fourth-order valence-corrected chi connectivity index (χ4v) is 4.44. The number of rotatable bonds is 6. The highest BCUT2D eigenvalue weighted by atomic mass is 35.5. The van der Waals surface area contributed by atoms with Crippen LogP contribution in [0.4, 0.5) is 5.69 Å². The lowest BCUT2D eigenvalue weighted by molar-refractivity contribution is -0.384. The maximum atomic E-state index is 13.3. The molecule has 1 aliphatic heterocycles. The van der Waals surface area contributed by atoms with E-state index in [1.54, 1.807) is 12.1 Å². The number of nitro groups is 1. The van der Waals surface area contributed by atoms with Crippen LogP contribution in [-0.2, 0) is 13.1 Å². The second-order valence-electron chi connectivity index (χ2n) is 8.29. The van der Waals surface area contributed by atoms with E-state index in [1.807, 2.05) is 53.8 Å². The van der Waals surface area contributed by atoms with Gasteiger partial charge in [0, 0.05) is 55.6 Å². The molecule has 9 heteroatoms. The minimum atomic E-state index is -0.378. The molecule has 1 aromatic heterocycles. The number of nitro benzene ring substituents is 1. The fraction of sp³-hybridized carbons (Fsp3) is 0.333. The van der Waals surface area contributed by atoms with Crippen LogP contribution >= 0.6 is 11.6 Å². The number of aryl methyl sites for hydroxylation is 1. The quantitative estimate of drug-likeness (QED) is 0.403. The number of carbonyl (C=O) groups excluding carboxylic acids is 1. The van der Waals surface area contributed by atoms with Crippen LogP contribution in [0.25, 0.3) is 0 Å². The Morgan fingerprint density at radius 3 is 2.48 bits per heavy atom. The molecule has 0 bridgehead atoms. The largest absolute Gasteiger partial charge is 0.336 e. The van der Waals surface area contributed by atoms with E-state index in [4.69, 9.17) is 11.6 Å². The lowest BCUT2D eigenvalue weighted by Gasteiger charge is -2.34. The number of carbonyl (C=O) groups is 1. The molecule has 0 radical (unpaired) electrons. The zero-order chi connectivity index (χ0) is 23.5. The molecule has 4 rings (SSSR count). The summed E-state index contributed by atoms with van der Waals surface area (Å²) in [6.07, 6.45) is 0. The summed E-state index contributed by atoms with van der Waals surface area (Å²) in [6, 6.07) is 14.3. The maximum absolute atomic E-state index is 13.3. The van der Waals surface area contributed by atoms with Crippen molar-refractivity contribution in [3.8, 4) is 0 Å². The first kappa shape index (κ1) is 22.9. The van der Waals surface area contributed by atoms with Gasteiger partial charge >= 0.3 is 0 Å². The summed E-state index contributed by atoms with van der Waals surface area (Å²) in [6.45, 7) is 7.53. The van der Waals surface area contributed by atoms with Crippen LogP contribution < -0.4 is 0 Å². The Morgan fingerprint density at radius 1 is 1.06 bits per heavy atom. The second kappa shape index (κ2) is 9.72. The van der Waals surface area contributed by atoms with E-state index in [0.29, 0.717) is 55.5 Å². The third kappa shape index (κ3) is 5.07. The normalized spacial score (nSPS) is 14.5. The van der Waals surface area contributed by atoms with Gasteiger partial charge in [0.05, 0.1) is 22.7 Å². The Hall–Kier alpha value is -3.23. The lowest BCUT2D eigenvalue weighted by atomic mass is 10.1. The zero-order valence-electron chi connectivity index (χ0n) is 18.7. The Labute approximate surface area is 197 Å². The van der Waals surface area contributed by atoms with E-state index in [9.17, 15) is 14.9 Å². The monoisotopic (exact) mass is 467 g/mol. The average molecular weight is 468 g/mol. The number of halogens is 1. The highest BCUT2D eigenvalue weighted by Gasteiger charge is 2.27. The van der Waals surface area contributed by atoms with Gasteiger partial charge in [-0.25, -0.2) is 0 Å². The molecule has 0 unspecified atom stereocenters. The molecular weight excluding hydrogens is 442 g/mol. The number of aromatic nitrogens is 2. The first-order chi connectivity index (χ1) is 15.8. The summed E-state index contributed by atoms with van der Waals surface area (Å²) in [5.41, 5.74) is 4.14. The predicted molar refractivity (Wildman–Crippen MR) is 127 cm³/mol. The first-order valence-corrected chi connectivity index (χ1v) is 11.2. The molecule has 1 amide bonds. The molecular formula is C24H26ClN5O3. The van der Waals surface area contributed by atoms with Gasteiger partial charge in [-0.3, -0.25) is 24.5 Å². The number of piperazine rings is 1.